The van der Waals surface area contributed by atoms with Crippen molar-refractivity contribution in [2.24, 2.45) is 4.99 Å². The number of likely N-dealkylation sites (tertiary alicyclic amines) is 1. The van der Waals surface area contributed by atoms with Crippen molar-refractivity contribution in [2.75, 3.05) is 46.4 Å². The molecule has 32 heavy (non-hydrogen) atoms. The fourth-order valence-electron chi connectivity index (χ4n) is 3.66. The molecule has 3 N–H and O–H groups in total. The summed E-state index contributed by atoms with van der Waals surface area (Å²) in [6, 6.07) is 11.2. The van der Waals surface area contributed by atoms with Crippen LogP contribution in [-0.4, -0.2) is 63.1 Å². The number of benzene rings is 1. The van der Waals surface area contributed by atoms with E-state index in [2.05, 4.69) is 20.9 Å². The van der Waals surface area contributed by atoms with Gasteiger partial charge >= 0.3 is 0 Å². The number of carbonyl (C=O) groups excluding carboxylic acids is 1. The van der Waals surface area contributed by atoms with Crippen LogP contribution in [-0.2, 0) is 0 Å². The first-order chi connectivity index (χ1) is 15.2. The standard InChI is InChI=1S/C23H33N5O3.HI/c1-3-24-23(26-12-11-25-22(29)18-8-6-9-19(16-18)30-2)27-17-20(21-10-7-15-31-21)28-13-4-5-14-28;/h6-10,15-16,20H,3-5,11-14,17H2,1-2H3,(H,25,29)(H2,24,26,27);1H. The molecule has 8 nitrogen and oxygen atoms in total. The lowest BCUT2D eigenvalue weighted by Crippen LogP contribution is -2.42. The molecule has 1 aromatic carbocycles. The Morgan fingerprint density at radius 1 is 1.16 bits per heavy atom. The monoisotopic (exact) mass is 555 g/mol. The quantitative estimate of drug-likeness (QED) is 0.181. The van der Waals surface area contributed by atoms with Gasteiger partial charge < -0.3 is 25.1 Å². The normalized spacial score (nSPS) is 15.0. The average molecular weight is 555 g/mol. The number of furan rings is 1. The second-order valence-corrected chi connectivity index (χ2v) is 7.41. The van der Waals surface area contributed by atoms with Crippen LogP contribution in [0.15, 0.2) is 52.1 Å². The van der Waals surface area contributed by atoms with Crippen LogP contribution in [0.2, 0.25) is 0 Å². The molecule has 9 heteroatoms. The summed E-state index contributed by atoms with van der Waals surface area (Å²) in [5.74, 6) is 2.21. The molecule has 1 saturated heterocycles. The number of rotatable bonds is 10. The molecule has 1 aromatic heterocycles. The molecule has 1 aliphatic heterocycles. The van der Waals surface area contributed by atoms with Gasteiger partial charge in [-0.25, -0.2) is 0 Å². The van der Waals surface area contributed by atoms with Crippen molar-refractivity contribution in [1.29, 1.82) is 0 Å². The van der Waals surface area contributed by atoms with Crippen molar-refractivity contribution in [3.63, 3.8) is 0 Å². The smallest absolute Gasteiger partial charge is 0.251 e. The highest BCUT2D eigenvalue weighted by molar-refractivity contribution is 14.0. The van der Waals surface area contributed by atoms with Gasteiger partial charge in [-0.15, -0.1) is 24.0 Å². The average Bonchev–Trinajstić information content (AvgIpc) is 3.51. The summed E-state index contributed by atoms with van der Waals surface area (Å²) in [4.78, 5) is 19.5. The summed E-state index contributed by atoms with van der Waals surface area (Å²) >= 11 is 0. The van der Waals surface area contributed by atoms with Crippen LogP contribution in [0.1, 0.15) is 41.9 Å². The molecule has 1 fully saturated rings. The Bertz CT molecular complexity index is 838. The highest BCUT2D eigenvalue weighted by atomic mass is 127. The van der Waals surface area contributed by atoms with Gasteiger partial charge in [-0.2, -0.15) is 0 Å². The third-order valence-electron chi connectivity index (χ3n) is 5.25. The van der Waals surface area contributed by atoms with Gasteiger partial charge in [0.2, 0.25) is 0 Å². The van der Waals surface area contributed by atoms with Crippen LogP contribution in [0.5, 0.6) is 5.75 Å². The van der Waals surface area contributed by atoms with Crippen LogP contribution in [0.4, 0.5) is 0 Å². The number of ether oxygens (including phenoxy) is 1. The molecule has 1 atom stereocenters. The molecule has 176 valence electrons. The summed E-state index contributed by atoms with van der Waals surface area (Å²) in [6.45, 7) is 6.59. The molecule has 1 aliphatic rings. The van der Waals surface area contributed by atoms with E-state index in [0.29, 0.717) is 30.9 Å². The molecule has 0 spiro atoms. The first-order valence-electron chi connectivity index (χ1n) is 10.9. The second-order valence-electron chi connectivity index (χ2n) is 7.41. The molecule has 1 unspecified atom stereocenters. The Balaban J connectivity index is 0.00000363. The van der Waals surface area contributed by atoms with E-state index in [4.69, 9.17) is 14.1 Å². The highest BCUT2D eigenvalue weighted by Crippen LogP contribution is 2.25. The van der Waals surface area contributed by atoms with Gasteiger partial charge in [0.25, 0.3) is 5.91 Å². The number of halogens is 1. The Morgan fingerprint density at radius 3 is 2.62 bits per heavy atom. The van der Waals surface area contributed by atoms with Gasteiger partial charge in [0, 0.05) is 25.2 Å². The number of nitrogens with one attached hydrogen (secondary N) is 3. The summed E-state index contributed by atoms with van der Waals surface area (Å²) in [5, 5.41) is 9.48. The second kappa shape index (κ2) is 14.0. The van der Waals surface area contributed by atoms with Crippen molar-refractivity contribution in [1.82, 2.24) is 20.9 Å². The Labute approximate surface area is 207 Å². The van der Waals surface area contributed by atoms with Crippen LogP contribution < -0.4 is 20.7 Å². The molecular formula is C23H34IN5O3. The molecular weight excluding hydrogens is 521 g/mol. The van der Waals surface area contributed by atoms with Crippen molar-refractivity contribution in [3.05, 3.63) is 54.0 Å². The maximum atomic E-state index is 12.3. The minimum Gasteiger partial charge on any atom is -0.497 e. The lowest BCUT2D eigenvalue weighted by molar-refractivity contribution is 0.0954. The number of nitrogens with zero attached hydrogens (tertiary/aromatic N) is 2. The minimum atomic E-state index is -0.130. The van der Waals surface area contributed by atoms with Crippen LogP contribution in [0.3, 0.4) is 0 Å². The summed E-state index contributed by atoms with van der Waals surface area (Å²) < 4.78 is 10.8. The molecule has 0 radical (unpaired) electrons. The zero-order chi connectivity index (χ0) is 21.9. The Kier molecular flexibility index (Phi) is 11.4. The van der Waals surface area contributed by atoms with Gasteiger partial charge in [0.15, 0.2) is 5.96 Å². The fourth-order valence-corrected chi connectivity index (χ4v) is 3.66. The van der Waals surface area contributed by atoms with E-state index in [0.717, 1.165) is 31.4 Å². The van der Waals surface area contributed by atoms with Gasteiger partial charge in [-0.1, -0.05) is 6.07 Å². The maximum Gasteiger partial charge on any atom is 0.251 e. The van der Waals surface area contributed by atoms with Crippen molar-refractivity contribution < 1.29 is 13.9 Å². The zero-order valence-corrected chi connectivity index (χ0v) is 21.1. The third-order valence-corrected chi connectivity index (χ3v) is 5.25. The van der Waals surface area contributed by atoms with Gasteiger partial charge in [-0.3, -0.25) is 14.7 Å². The molecule has 3 rings (SSSR count). The van der Waals surface area contributed by atoms with Crippen molar-refractivity contribution in [3.8, 4) is 5.75 Å². The maximum absolute atomic E-state index is 12.3. The van der Waals surface area contributed by atoms with E-state index in [1.807, 2.05) is 25.1 Å². The lowest BCUT2D eigenvalue weighted by atomic mass is 10.2. The number of methoxy groups -OCH3 is 1. The SMILES string of the molecule is CCNC(=NCC(c1ccco1)N1CCCC1)NCCNC(=O)c1cccc(OC)c1.I. The van der Waals surface area contributed by atoms with Gasteiger partial charge in [-0.05, 0) is 63.2 Å². The number of aliphatic imine (C=N–C) groups is 1. The summed E-state index contributed by atoms with van der Waals surface area (Å²) in [7, 11) is 1.59. The third kappa shape index (κ3) is 7.70. The first-order valence-corrected chi connectivity index (χ1v) is 10.9. The molecule has 0 aliphatic carbocycles. The van der Waals surface area contributed by atoms with Crippen LogP contribution in [0, 0.1) is 0 Å². The molecule has 0 saturated carbocycles. The molecule has 1 amide bonds. The van der Waals surface area contributed by atoms with Gasteiger partial charge in [0.1, 0.15) is 11.5 Å². The fraction of sp³-hybridized carbons (Fsp3) is 0.478. The predicted molar refractivity (Wildman–Crippen MR) is 137 cm³/mol. The number of hydrogen-bond acceptors (Lipinski definition) is 5. The molecule has 2 aromatic rings. The Morgan fingerprint density at radius 2 is 1.94 bits per heavy atom. The topological polar surface area (TPSA) is 91.1 Å². The Hall–Kier alpha value is -2.27. The largest absolute Gasteiger partial charge is 0.497 e. The molecule has 0 bridgehead atoms. The zero-order valence-electron chi connectivity index (χ0n) is 18.8. The summed E-state index contributed by atoms with van der Waals surface area (Å²) in [5.41, 5.74) is 0.576. The number of guanidine groups is 1. The van der Waals surface area contributed by atoms with E-state index >= 15 is 0 Å². The lowest BCUT2D eigenvalue weighted by Gasteiger charge is -2.24. The van der Waals surface area contributed by atoms with E-state index in [9.17, 15) is 4.79 Å². The van der Waals surface area contributed by atoms with E-state index in [1.165, 1.54) is 12.8 Å². The number of hydrogen-bond donors (Lipinski definition) is 3. The molecule has 2 heterocycles. The number of amides is 1. The first kappa shape index (κ1) is 26.0. The van der Waals surface area contributed by atoms with Crippen molar-refractivity contribution >= 4 is 35.8 Å². The van der Waals surface area contributed by atoms with Gasteiger partial charge in [0.05, 0.1) is 26.0 Å². The van der Waals surface area contributed by atoms with E-state index in [-0.39, 0.29) is 35.9 Å². The van der Waals surface area contributed by atoms with Crippen LogP contribution >= 0.6 is 24.0 Å². The number of carbonyl (C=O) groups is 1. The highest BCUT2D eigenvalue weighted by Gasteiger charge is 2.25. The van der Waals surface area contributed by atoms with E-state index in [1.54, 1.807) is 31.6 Å². The van der Waals surface area contributed by atoms with Crippen LogP contribution in [0.25, 0.3) is 0 Å². The predicted octanol–water partition coefficient (Wildman–Crippen LogP) is 3.03. The summed E-state index contributed by atoms with van der Waals surface area (Å²) in [6.07, 6.45) is 4.15. The van der Waals surface area contributed by atoms with Crippen molar-refractivity contribution in [2.45, 2.75) is 25.8 Å². The minimum absolute atomic E-state index is 0. The van der Waals surface area contributed by atoms with E-state index < -0.39 is 0 Å².